The van der Waals surface area contributed by atoms with Crippen molar-refractivity contribution in [3.05, 3.63) is 65.2 Å². The Hall–Kier alpha value is -2.80. The lowest BCUT2D eigenvalue weighted by atomic mass is 10.1. The fraction of sp³-hybridized carbons (Fsp3) is 0.211. The number of carbonyl (C=O) groups is 3. The lowest BCUT2D eigenvalue weighted by Crippen LogP contribution is -2.33. The summed E-state index contributed by atoms with van der Waals surface area (Å²) in [5.41, 5.74) is 0.940. The molecule has 0 saturated carbocycles. The standard InChI is InChI=1S/C19H17NO5S/c1-2-26(24)16-10-6-5-9-15(16)19(23)25-12-11-20-17(21)13-7-3-4-8-14(13)18(20)22/h3-10H,2,11-12H2,1H3/t26-/m0/s1. The van der Waals surface area contributed by atoms with Crippen LogP contribution in [0.5, 0.6) is 0 Å². The maximum absolute atomic E-state index is 12.3. The molecule has 0 fully saturated rings. The van der Waals surface area contributed by atoms with Crippen molar-refractivity contribution in [1.82, 2.24) is 4.90 Å². The zero-order valence-corrected chi connectivity index (χ0v) is 15.0. The number of hydrogen-bond acceptors (Lipinski definition) is 5. The van der Waals surface area contributed by atoms with E-state index in [1.165, 1.54) is 0 Å². The molecule has 2 aromatic rings. The van der Waals surface area contributed by atoms with Gasteiger partial charge in [-0.25, -0.2) is 4.79 Å². The summed E-state index contributed by atoms with van der Waals surface area (Å²) in [5.74, 6) is -1.03. The Kier molecular flexibility index (Phi) is 5.27. The van der Waals surface area contributed by atoms with Gasteiger partial charge in [-0.2, -0.15) is 0 Å². The highest BCUT2D eigenvalue weighted by atomic mass is 32.2. The average molecular weight is 371 g/mol. The molecule has 0 unspecified atom stereocenters. The quantitative estimate of drug-likeness (QED) is 0.575. The first-order valence-corrected chi connectivity index (χ1v) is 9.46. The van der Waals surface area contributed by atoms with Crippen molar-refractivity contribution in [1.29, 1.82) is 0 Å². The molecular weight excluding hydrogens is 354 g/mol. The van der Waals surface area contributed by atoms with E-state index in [0.29, 0.717) is 21.8 Å². The molecule has 6 nitrogen and oxygen atoms in total. The second-order valence-corrected chi connectivity index (χ2v) is 7.28. The lowest BCUT2D eigenvalue weighted by Gasteiger charge is -2.14. The van der Waals surface area contributed by atoms with E-state index in [0.717, 1.165) is 4.90 Å². The first kappa shape index (κ1) is 18.0. The molecule has 26 heavy (non-hydrogen) atoms. The van der Waals surface area contributed by atoms with Crippen molar-refractivity contribution in [2.24, 2.45) is 0 Å². The zero-order chi connectivity index (χ0) is 18.7. The van der Waals surface area contributed by atoms with Gasteiger partial charge in [0.25, 0.3) is 11.8 Å². The van der Waals surface area contributed by atoms with Crippen LogP contribution in [0, 0.1) is 0 Å². The summed E-state index contributed by atoms with van der Waals surface area (Å²) in [6.07, 6.45) is 0. The fourth-order valence-corrected chi connectivity index (χ4v) is 3.68. The van der Waals surface area contributed by atoms with Crippen LogP contribution < -0.4 is 0 Å². The predicted octanol–water partition coefficient (Wildman–Crippen LogP) is 2.27. The summed E-state index contributed by atoms with van der Waals surface area (Å²) in [7, 11) is -1.29. The Morgan fingerprint density at radius 1 is 1.00 bits per heavy atom. The smallest absolute Gasteiger partial charge is 0.339 e. The molecule has 0 bridgehead atoms. The van der Waals surface area contributed by atoms with Gasteiger partial charge in [0.1, 0.15) is 6.61 Å². The van der Waals surface area contributed by atoms with Gasteiger partial charge < -0.3 is 4.74 Å². The fourth-order valence-electron chi connectivity index (χ4n) is 2.74. The molecule has 2 aromatic carbocycles. The normalized spacial score (nSPS) is 14.3. The number of fused-ring (bicyclic) bond motifs is 1. The van der Waals surface area contributed by atoms with Gasteiger partial charge in [-0.05, 0) is 24.3 Å². The van der Waals surface area contributed by atoms with Gasteiger partial charge >= 0.3 is 5.97 Å². The third kappa shape index (κ3) is 3.30. The largest absolute Gasteiger partial charge is 0.460 e. The van der Waals surface area contributed by atoms with Gasteiger partial charge in [0.05, 0.1) is 38.9 Å². The number of ether oxygens (including phenoxy) is 1. The summed E-state index contributed by atoms with van der Waals surface area (Å²) in [4.78, 5) is 38.3. The van der Waals surface area contributed by atoms with Crippen LogP contribution in [-0.4, -0.2) is 45.8 Å². The van der Waals surface area contributed by atoms with E-state index in [1.807, 2.05) is 0 Å². The van der Waals surface area contributed by atoms with E-state index < -0.39 is 28.6 Å². The lowest BCUT2D eigenvalue weighted by molar-refractivity contribution is 0.0417. The first-order chi connectivity index (χ1) is 12.5. The third-order valence-corrected chi connectivity index (χ3v) is 5.41. The SMILES string of the molecule is CC[S@](=O)c1ccccc1C(=O)OCCN1C(=O)c2ccccc2C1=O. The van der Waals surface area contributed by atoms with Crippen molar-refractivity contribution in [2.75, 3.05) is 18.9 Å². The number of benzene rings is 2. The van der Waals surface area contributed by atoms with Crippen LogP contribution in [0.1, 0.15) is 38.0 Å². The minimum atomic E-state index is -1.29. The number of nitrogens with zero attached hydrogens (tertiary/aromatic N) is 1. The molecule has 134 valence electrons. The van der Waals surface area contributed by atoms with Crippen LogP contribution in [0.15, 0.2) is 53.4 Å². The monoisotopic (exact) mass is 371 g/mol. The topological polar surface area (TPSA) is 80.8 Å². The van der Waals surface area contributed by atoms with Crippen molar-refractivity contribution < 1.29 is 23.3 Å². The van der Waals surface area contributed by atoms with Crippen molar-refractivity contribution in [3.63, 3.8) is 0 Å². The van der Waals surface area contributed by atoms with Crippen molar-refractivity contribution in [2.45, 2.75) is 11.8 Å². The van der Waals surface area contributed by atoms with Crippen LogP contribution in [0.4, 0.5) is 0 Å². The number of imide groups is 1. The maximum Gasteiger partial charge on any atom is 0.339 e. The molecule has 0 radical (unpaired) electrons. The molecule has 0 aromatic heterocycles. The van der Waals surface area contributed by atoms with E-state index in [9.17, 15) is 18.6 Å². The zero-order valence-electron chi connectivity index (χ0n) is 14.1. The molecule has 3 rings (SSSR count). The Labute approximate surface area is 153 Å². The van der Waals surface area contributed by atoms with Crippen LogP contribution in [0.2, 0.25) is 0 Å². The minimum absolute atomic E-state index is 0.0306. The highest BCUT2D eigenvalue weighted by molar-refractivity contribution is 7.85. The minimum Gasteiger partial charge on any atom is -0.460 e. The second kappa shape index (κ2) is 7.61. The molecule has 0 spiro atoms. The molecule has 0 N–H and O–H groups in total. The second-order valence-electron chi connectivity index (χ2n) is 5.57. The molecular formula is C19H17NO5S. The summed E-state index contributed by atoms with van der Waals surface area (Å²) in [5, 5.41) is 0. The molecule has 1 aliphatic rings. The van der Waals surface area contributed by atoms with Crippen molar-refractivity contribution in [3.8, 4) is 0 Å². The molecule has 0 aliphatic carbocycles. The molecule has 1 atom stereocenters. The summed E-state index contributed by atoms with van der Waals surface area (Å²) in [6.45, 7) is 1.61. The van der Waals surface area contributed by atoms with Crippen molar-refractivity contribution >= 4 is 28.6 Å². The molecule has 2 amide bonds. The van der Waals surface area contributed by atoms with E-state index in [4.69, 9.17) is 4.74 Å². The van der Waals surface area contributed by atoms with E-state index in [-0.39, 0.29) is 18.7 Å². The van der Waals surface area contributed by atoms with Crippen LogP contribution in [-0.2, 0) is 15.5 Å². The maximum atomic E-state index is 12.3. The Morgan fingerprint density at radius 2 is 1.58 bits per heavy atom. The Morgan fingerprint density at radius 3 is 2.19 bits per heavy atom. The summed E-state index contributed by atoms with van der Waals surface area (Å²) < 4.78 is 17.2. The van der Waals surface area contributed by atoms with Crippen LogP contribution >= 0.6 is 0 Å². The van der Waals surface area contributed by atoms with Gasteiger partial charge in [0.15, 0.2) is 0 Å². The number of amides is 2. The summed E-state index contributed by atoms with van der Waals surface area (Å²) >= 11 is 0. The number of hydrogen-bond donors (Lipinski definition) is 0. The molecule has 0 saturated heterocycles. The van der Waals surface area contributed by atoms with Crippen LogP contribution in [0.25, 0.3) is 0 Å². The highest BCUT2D eigenvalue weighted by Crippen LogP contribution is 2.22. The first-order valence-electron chi connectivity index (χ1n) is 8.14. The van der Waals surface area contributed by atoms with Gasteiger partial charge in [-0.3, -0.25) is 18.7 Å². The third-order valence-electron chi connectivity index (χ3n) is 4.04. The highest BCUT2D eigenvalue weighted by Gasteiger charge is 2.34. The van der Waals surface area contributed by atoms with E-state index in [2.05, 4.69) is 0 Å². The molecule has 1 aliphatic heterocycles. The molecule has 1 heterocycles. The Balaban J connectivity index is 1.65. The Bertz CT molecular complexity index is 873. The van der Waals surface area contributed by atoms with Crippen LogP contribution in [0.3, 0.4) is 0 Å². The van der Waals surface area contributed by atoms with Gasteiger partial charge in [-0.1, -0.05) is 31.2 Å². The number of carbonyl (C=O) groups excluding carboxylic acids is 3. The molecule has 7 heteroatoms. The number of esters is 1. The van der Waals surface area contributed by atoms with Gasteiger partial charge in [0, 0.05) is 5.75 Å². The van der Waals surface area contributed by atoms with E-state index >= 15 is 0 Å². The van der Waals surface area contributed by atoms with E-state index in [1.54, 1.807) is 55.5 Å². The average Bonchev–Trinajstić information content (AvgIpc) is 2.92. The van der Waals surface area contributed by atoms with Gasteiger partial charge in [0.2, 0.25) is 0 Å². The predicted molar refractivity (Wildman–Crippen MR) is 95.5 cm³/mol. The number of rotatable bonds is 6. The summed E-state index contributed by atoms with van der Waals surface area (Å²) in [6, 6.07) is 13.1. The van der Waals surface area contributed by atoms with Gasteiger partial charge in [-0.15, -0.1) is 0 Å².